The van der Waals surface area contributed by atoms with Crippen LogP contribution >= 0.6 is 0 Å². The summed E-state index contributed by atoms with van der Waals surface area (Å²) in [6.45, 7) is 3.67. The molecule has 2 unspecified atom stereocenters. The van der Waals surface area contributed by atoms with Gasteiger partial charge in [-0.2, -0.15) is 0 Å². The van der Waals surface area contributed by atoms with Crippen molar-refractivity contribution in [1.29, 1.82) is 0 Å². The maximum absolute atomic E-state index is 12.2. The van der Waals surface area contributed by atoms with Crippen LogP contribution in [0, 0.1) is 5.41 Å². The molecule has 0 aliphatic carbocycles. The van der Waals surface area contributed by atoms with E-state index >= 15 is 0 Å². The average Bonchev–Trinajstić information content (AvgIpc) is 2.27. The molecule has 1 amide bonds. The number of nitrogens with zero attached hydrogens (tertiary/aromatic N) is 1. The number of rotatable bonds is 5. The lowest BCUT2D eigenvalue weighted by atomic mass is 9.81. The van der Waals surface area contributed by atoms with Crippen molar-refractivity contribution >= 4 is 11.9 Å². The summed E-state index contributed by atoms with van der Waals surface area (Å²) in [5.41, 5.74) is -0.489. The first kappa shape index (κ1) is 16.3. The van der Waals surface area contributed by atoms with E-state index in [-0.39, 0.29) is 24.8 Å². The number of aliphatic carboxylic acids is 1. The van der Waals surface area contributed by atoms with Crippen molar-refractivity contribution in [1.82, 2.24) is 10.2 Å². The molecule has 0 aromatic rings. The summed E-state index contributed by atoms with van der Waals surface area (Å²) < 4.78 is 0. The van der Waals surface area contributed by atoms with Gasteiger partial charge in [0.25, 0.3) is 0 Å². The van der Waals surface area contributed by atoms with Gasteiger partial charge in [0.1, 0.15) is 0 Å². The Hall–Kier alpha value is -1.10. The van der Waals surface area contributed by atoms with Crippen LogP contribution in [0.1, 0.15) is 58.8 Å². The van der Waals surface area contributed by atoms with E-state index in [1.165, 1.54) is 19.3 Å². The number of carboxylic acids is 1. The number of carbonyl (C=O) groups excluding carboxylic acids is 1. The van der Waals surface area contributed by atoms with E-state index in [1.54, 1.807) is 0 Å². The second-order valence-corrected chi connectivity index (χ2v) is 7.55. The smallest absolute Gasteiger partial charge is 0.303 e. The molecule has 120 valence electrons. The summed E-state index contributed by atoms with van der Waals surface area (Å²) in [6, 6.07) is 1.44. The molecule has 0 spiro atoms. The van der Waals surface area contributed by atoms with Crippen LogP contribution in [0.25, 0.3) is 0 Å². The lowest BCUT2D eigenvalue weighted by molar-refractivity contribution is -0.139. The lowest BCUT2D eigenvalue weighted by Crippen LogP contribution is -2.55. The molecule has 0 radical (unpaired) electrons. The predicted molar refractivity (Wildman–Crippen MR) is 81.0 cm³/mol. The fourth-order valence-corrected chi connectivity index (χ4v) is 3.92. The number of amides is 1. The molecule has 2 fully saturated rings. The third-order valence-electron chi connectivity index (χ3n) is 4.97. The molecular weight excluding hydrogens is 268 g/mol. The zero-order valence-electron chi connectivity index (χ0n) is 13.4. The fraction of sp³-hybridized carbons (Fsp3) is 0.875. The van der Waals surface area contributed by atoms with Crippen LogP contribution in [0.4, 0.5) is 0 Å². The molecule has 2 atom stereocenters. The molecule has 21 heavy (non-hydrogen) atoms. The highest BCUT2D eigenvalue weighted by molar-refractivity contribution is 5.78. The molecular formula is C16H28N2O3. The van der Waals surface area contributed by atoms with Crippen LogP contribution in [-0.2, 0) is 9.59 Å². The Labute approximate surface area is 127 Å². The third kappa shape index (κ3) is 4.43. The summed E-state index contributed by atoms with van der Waals surface area (Å²) in [6.07, 6.45) is 6.11. The Bertz CT molecular complexity index is 394. The number of hydrogen-bond donors (Lipinski definition) is 2. The summed E-state index contributed by atoms with van der Waals surface area (Å²) >= 11 is 0. The van der Waals surface area contributed by atoms with Gasteiger partial charge in [0, 0.05) is 24.5 Å². The summed E-state index contributed by atoms with van der Waals surface area (Å²) in [5.74, 6) is -0.851. The third-order valence-corrected chi connectivity index (χ3v) is 4.97. The van der Waals surface area contributed by atoms with Gasteiger partial charge in [-0.3, -0.25) is 9.59 Å². The summed E-state index contributed by atoms with van der Waals surface area (Å²) in [7, 11) is 2.20. The van der Waals surface area contributed by atoms with Gasteiger partial charge in [-0.25, -0.2) is 0 Å². The van der Waals surface area contributed by atoms with E-state index in [1.807, 2.05) is 13.8 Å². The highest BCUT2D eigenvalue weighted by Gasteiger charge is 2.37. The normalized spacial score (nSPS) is 30.0. The predicted octanol–water partition coefficient (Wildman–Crippen LogP) is 2.01. The van der Waals surface area contributed by atoms with Crippen LogP contribution in [0.2, 0.25) is 0 Å². The van der Waals surface area contributed by atoms with Crippen LogP contribution < -0.4 is 5.32 Å². The van der Waals surface area contributed by atoms with Gasteiger partial charge in [-0.15, -0.1) is 0 Å². The first-order valence-corrected chi connectivity index (χ1v) is 8.00. The lowest BCUT2D eigenvalue weighted by Gasteiger charge is -2.47. The average molecular weight is 296 g/mol. The van der Waals surface area contributed by atoms with Gasteiger partial charge in [0.05, 0.1) is 6.42 Å². The molecule has 0 saturated carbocycles. The number of piperidine rings is 2. The Balaban J connectivity index is 1.84. The monoisotopic (exact) mass is 296 g/mol. The van der Waals surface area contributed by atoms with Crippen LogP contribution in [0.3, 0.4) is 0 Å². The highest BCUT2D eigenvalue weighted by Crippen LogP contribution is 2.33. The SMILES string of the molecule is CN1C2CCCC1CC(NC(=O)CC(C)(C)CC(=O)O)C2. The van der Waals surface area contributed by atoms with Gasteiger partial charge in [0.2, 0.25) is 5.91 Å². The van der Waals surface area contributed by atoms with Crippen LogP contribution in [0.5, 0.6) is 0 Å². The maximum Gasteiger partial charge on any atom is 0.303 e. The summed E-state index contributed by atoms with van der Waals surface area (Å²) in [4.78, 5) is 25.5. The van der Waals surface area contributed by atoms with E-state index in [0.29, 0.717) is 12.1 Å². The molecule has 2 rings (SSSR count). The minimum atomic E-state index is -0.846. The van der Waals surface area contributed by atoms with Crippen LogP contribution in [-0.4, -0.2) is 47.1 Å². The zero-order chi connectivity index (χ0) is 15.6. The Kier molecular flexibility index (Phi) is 4.91. The van der Waals surface area contributed by atoms with Gasteiger partial charge in [-0.1, -0.05) is 20.3 Å². The van der Waals surface area contributed by atoms with Crippen molar-refractivity contribution in [3.8, 4) is 0 Å². The highest BCUT2D eigenvalue weighted by atomic mass is 16.4. The van der Waals surface area contributed by atoms with E-state index in [4.69, 9.17) is 5.11 Å². The van der Waals surface area contributed by atoms with Crippen molar-refractivity contribution in [2.45, 2.75) is 76.9 Å². The minimum absolute atomic E-state index is 0.00567. The van der Waals surface area contributed by atoms with Crippen molar-refractivity contribution in [3.63, 3.8) is 0 Å². The van der Waals surface area contributed by atoms with Crippen molar-refractivity contribution in [2.75, 3.05) is 7.05 Å². The number of carboxylic acid groups (broad SMARTS) is 1. The fourth-order valence-electron chi connectivity index (χ4n) is 3.92. The van der Waals surface area contributed by atoms with Gasteiger partial charge < -0.3 is 15.3 Å². The molecule has 2 heterocycles. The Morgan fingerprint density at radius 1 is 1.19 bits per heavy atom. The van der Waals surface area contributed by atoms with Crippen molar-refractivity contribution < 1.29 is 14.7 Å². The standard InChI is InChI=1S/C16H28N2O3/c1-16(2,10-15(20)21)9-14(19)17-11-7-12-5-4-6-13(8-11)18(12)3/h11-13H,4-10H2,1-3H3,(H,17,19)(H,20,21). The molecule has 0 aromatic carbocycles. The van der Waals surface area contributed by atoms with E-state index < -0.39 is 11.4 Å². The Morgan fingerprint density at radius 3 is 2.29 bits per heavy atom. The topological polar surface area (TPSA) is 69.6 Å². The zero-order valence-corrected chi connectivity index (χ0v) is 13.4. The molecule has 2 saturated heterocycles. The number of carbonyl (C=O) groups is 2. The molecule has 2 N–H and O–H groups in total. The number of hydrogen-bond acceptors (Lipinski definition) is 3. The second-order valence-electron chi connectivity index (χ2n) is 7.55. The van der Waals surface area contributed by atoms with Gasteiger partial charge in [0.15, 0.2) is 0 Å². The maximum atomic E-state index is 12.2. The van der Waals surface area contributed by atoms with Crippen LogP contribution in [0.15, 0.2) is 0 Å². The minimum Gasteiger partial charge on any atom is -0.481 e. The molecule has 2 aliphatic heterocycles. The Morgan fingerprint density at radius 2 is 1.76 bits per heavy atom. The molecule has 5 heteroatoms. The van der Waals surface area contributed by atoms with E-state index in [2.05, 4.69) is 17.3 Å². The van der Waals surface area contributed by atoms with Gasteiger partial charge >= 0.3 is 5.97 Å². The molecule has 5 nitrogen and oxygen atoms in total. The van der Waals surface area contributed by atoms with Gasteiger partial charge in [-0.05, 0) is 38.1 Å². The molecule has 2 bridgehead atoms. The molecule has 2 aliphatic rings. The van der Waals surface area contributed by atoms with E-state index in [9.17, 15) is 9.59 Å². The van der Waals surface area contributed by atoms with Crippen molar-refractivity contribution in [2.24, 2.45) is 5.41 Å². The molecule has 0 aromatic heterocycles. The quantitative estimate of drug-likeness (QED) is 0.814. The second kappa shape index (κ2) is 6.34. The number of nitrogens with one attached hydrogen (secondary N) is 1. The first-order chi connectivity index (χ1) is 9.77. The largest absolute Gasteiger partial charge is 0.481 e. The first-order valence-electron chi connectivity index (χ1n) is 8.00. The van der Waals surface area contributed by atoms with E-state index in [0.717, 1.165) is 12.8 Å². The summed E-state index contributed by atoms with van der Waals surface area (Å²) in [5, 5.41) is 12.0. The van der Waals surface area contributed by atoms with Crippen molar-refractivity contribution in [3.05, 3.63) is 0 Å². The number of fused-ring (bicyclic) bond motifs is 2.